The zero-order valence-corrected chi connectivity index (χ0v) is 16.0. The lowest BCUT2D eigenvalue weighted by Gasteiger charge is -2.16. The summed E-state index contributed by atoms with van der Waals surface area (Å²) in [6.07, 6.45) is -0.592. The molecule has 2 aromatic rings. The molecule has 1 atom stereocenters. The minimum atomic E-state index is -0.592. The van der Waals surface area contributed by atoms with Crippen molar-refractivity contribution in [2.45, 2.75) is 19.6 Å². The van der Waals surface area contributed by atoms with Crippen molar-refractivity contribution in [1.82, 2.24) is 5.32 Å². The fourth-order valence-corrected chi connectivity index (χ4v) is 3.03. The molecule has 0 spiro atoms. The molecule has 1 N–H and O–H groups in total. The fraction of sp³-hybridized carbons (Fsp3) is 0.235. The molecule has 0 aliphatic heterocycles. The van der Waals surface area contributed by atoms with Gasteiger partial charge < -0.3 is 14.8 Å². The van der Waals surface area contributed by atoms with Crippen LogP contribution in [0.3, 0.4) is 0 Å². The van der Waals surface area contributed by atoms with E-state index in [2.05, 4.69) is 37.2 Å². The molecule has 0 saturated heterocycles. The Morgan fingerprint density at radius 2 is 1.87 bits per heavy atom. The summed E-state index contributed by atoms with van der Waals surface area (Å²) in [7, 11) is 1.62. The van der Waals surface area contributed by atoms with Gasteiger partial charge in [0.1, 0.15) is 11.5 Å². The van der Waals surface area contributed by atoms with Gasteiger partial charge in [0.05, 0.1) is 11.6 Å². The van der Waals surface area contributed by atoms with Gasteiger partial charge in [0.15, 0.2) is 6.10 Å². The molecule has 0 fully saturated rings. The molecule has 0 saturated carbocycles. The number of methoxy groups -OCH3 is 1. The Balaban J connectivity index is 1.89. The van der Waals surface area contributed by atoms with Crippen molar-refractivity contribution in [3.63, 3.8) is 0 Å². The summed E-state index contributed by atoms with van der Waals surface area (Å²) in [5.74, 6) is 1.24. The molecule has 122 valence electrons. The largest absolute Gasteiger partial charge is 0.497 e. The minimum absolute atomic E-state index is 0.171. The van der Waals surface area contributed by atoms with Gasteiger partial charge in [-0.15, -0.1) is 0 Å². The van der Waals surface area contributed by atoms with Crippen molar-refractivity contribution in [2.75, 3.05) is 7.11 Å². The van der Waals surface area contributed by atoms with E-state index < -0.39 is 6.10 Å². The van der Waals surface area contributed by atoms with E-state index in [9.17, 15) is 4.79 Å². The van der Waals surface area contributed by atoms with Crippen LogP contribution >= 0.6 is 31.9 Å². The van der Waals surface area contributed by atoms with Crippen molar-refractivity contribution >= 4 is 37.8 Å². The lowest BCUT2D eigenvalue weighted by Crippen LogP contribution is -2.35. The first kappa shape index (κ1) is 17.8. The molecular formula is C17H17Br2NO3. The smallest absolute Gasteiger partial charge is 0.261 e. The van der Waals surface area contributed by atoms with Crippen LogP contribution in [0.25, 0.3) is 0 Å². The van der Waals surface area contributed by atoms with Gasteiger partial charge in [-0.25, -0.2) is 0 Å². The summed E-state index contributed by atoms with van der Waals surface area (Å²) in [5.41, 5.74) is 0.996. The normalized spacial score (nSPS) is 11.7. The molecule has 2 aromatic carbocycles. The van der Waals surface area contributed by atoms with Crippen LogP contribution in [0.5, 0.6) is 11.5 Å². The van der Waals surface area contributed by atoms with Crippen LogP contribution in [0.2, 0.25) is 0 Å². The number of carbonyl (C=O) groups is 1. The first-order chi connectivity index (χ1) is 11.0. The molecule has 2 rings (SSSR count). The number of ether oxygens (including phenoxy) is 2. The number of rotatable bonds is 6. The van der Waals surface area contributed by atoms with E-state index in [1.54, 1.807) is 20.1 Å². The van der Waals surface area contributed by atoms with Gasteiger partial charge in [-0.1, -0.05) is 28.1 Å². The van der Waals surface area contributed by atoms with E-state index in [1.165, 1.54) is 0 Å². The molecule has 6 heteroatoms. The first-order valence-corrected chi connectivity index (χ1v) is 8.60. The highest BCUT2D eigenvalue weighted by atomic mass is 79.9. The van der Waals surface area contributed by atoms with E-state index >= 15 is 0 Å². The Hall–Kier alpha value is -1.53. The highest BCUT2D eigenvalue weighted by molar-refractivity contribution is 9.11. The van der Waals surface area contributed by atoms with Crippen LogP contribution in [0.15, 0.2) is 51.4 Å². The van der Waals surface area contributed by atoms with Gasteiger partial charge >= 0.3 is 0 Å². The lowest BCUT2D eigenvalue weighted by molar-refractivity contribution is -0.127. The monoisotopic (exact) mass is 441 g/mol. The second kappa shape index (κ2) is 8.36. The van der Waals surface area contributed by atoms with Crippen LogP contribution < -0.4 is 14.8 Å². The van der Waals surface area contributed by atoms with Gasteiger partial charge in [-0.05, 0) is 58.7 Å². The molecule has 23 heavy (non-hydrogen) atoms. The summed E-state index contributed by atoms with van der Waals surface area (Å²) >= 11 is 6.79. The molecule has 0 aliphatic carbocycles. The Bertz CT molecular complexity index is 674. The molecule has 4 nitrogen and oxygen atoms in total. The second-order valence-electron chi connectivity index (χ2n) is 4.90. The maximum Gasteiger partial charge on any atom is 0.261 e. The summed E-state index contributed by atoms with van der Waals surface area (Å²) < 4.78 is 12.5. The highest BCUT2D eigenvalue weighted by Gasteiger charge is 2.15. The van der Waals surface area contributed by atoms with E-state index in [-0.39, 0.29) is 5.91 Å². The standard InChI is InChI=1S/C17H17Br2NO3/c1-11(23-16-8-5-13(18)9-15(16)19)17(21)20-10-12-3-6-14(22-2)7-4-12/h3-9,11H,10H2,1-2H3,(H,20,21)/t11-/m1/s1. The molecule has 0 heterocycles. The highest BCUT2D eigenvalue weighted by Crippen LogP contribution is 2.28. The predicted octanol–water partition coefficient (Wildman–Crippen LogP) is 4.30. The quantitative estimate of drug-likeness (QED) is 0.725. The summed E-state index contributed by atoms with van der Waals surface area (Å²) in [4.78, 5) is 12.1. The third kappa shape index (κ3) is 5.25. The van der Waals surface area contributed by atoms with Crippen LogP contribution in [0, 0.1) is 0 Å². The average molecular weight is 443 g/mol. The zero-order chi connectivity index (χ0) is 16.8. The van der Waals surface area contributed by atoms with Crippen molar-refractivity contribution in [3.8, 4) is 11.5 Å². The Labute approximate surface area is 152 Å². The SMILES string of the molecule is COc1ccc(CNC(=O)[C@@H](C)Oc2ccc(Br)cc2Br)cc1. The first-order valence-electron chi connectivity index (χ1n) is 7.02. The predicted molar refractivity (Wildman–Crippen MR) is 96.8 cm³/mol. The van der Waals surface area contributed by atoms with Crippen molar-refractivity contribution in [2.24, 2.45) is 0 Å². The molecule has 0 bridgehead atoms. The number of hydrogen-bond donors (Lipinski definition) is 1. The maximum absolute atomic E-state index is 12.1. The second-order valence-corrected chi connectivity index (χ2v) is 6.67. The van der Waals surface area contributed by atoms with Crippen molar-refractivity contribution in [1.29, 1.82) is 0 Å². The van der Waals surface area contributed by atoms with E-state index in [1.807, 2.05) is 36.4 Å². The van der Waals surface area contributed by atoms with E-state index in [0.717, 1.165) is 20.3 Å². The number of hydrogen-bond acceptors (Lipinski definition) is 3. The number of nitrogens with one attached hydrogen (secondary N) is 1. The molecule has 0 unspecified atom stereocenters. The summed E-state index contributed by atoms with van der Waals surface area (Å²) in [5, 5.41) is 2.86. The topological polar surface area (TPSA) is 47.6 Å². The van der Waals surface area contributed by atoms with Crippen LogP contribution in [0.4, 0.5) is 0 Å². The van der Waals surface area contributed by atoms with Gasteiger partial charge in [0.25, 0.3) is 5.91 Å². The number of amides is 1. The van der Waals surface area contributed by atoms with E-state index in [4.69, 9.17) is 9.47 Å². The average Bonchev–Trinajstić information content (AvgIpc) is 2.55. The number of carbonyl (C=O) groups excluding carboxylic acids is 1. The van der Waals surface area contributed by atoms with Crippen LogP contribution in [0.1, 0.15) is 12.5 Å². The Kier molecular flexibility index (Phi) is 6.47. The fourth-order valence-electron chi connectivity index (χ4n) is 1.89. The van der Waals surface area contributed by atoms with Gasteiger partial charge in [-0.3, -0.25) is 4.79 Å². The maximum atomic E-state index is 12.1. The van der Waals surface area contributed by atoms with Crippen molar-refractivity contribution in [3.05, 3.63) is 57.0 Å². The van der Waals surface area contributed by atoms with Gasteiger partial charge in [0, 0.05) is 11.0 Å². The molecule has 1 amide bonds. The number of halogens is 2. The molecule has 0 aromatic heterocycles. The molecule has 0 aliphatic rings. The van der Waals surface area contributed by atoms with Crippen LogP contribution in [-0.4, -0.2) is 19.1 Å². The third-order valence-corrected chi connectivity index (χ3v) is 4.31. The summed E-state index contributed by atoms with van der Waals surface area (Å²) in [6.45, 7) is 2.16. The summed E-state index contributed by atoms with van der Waals surface area (Å²) in [6, 6.07) is 13.1. The minimum Gasteiger partial charge on any atom is -0.497 e. The third-order valence-electron chi connectivity index (χ3n) is 3.19. The van der Waals surface area contributed by atoms with E-state index in [0.29, 0.717) is 12.3 Å². The van der Waals surface area contributed by atoms with Gasteiger partial charge in [0.2, 0.25) is 0 Å². The Morgan fingerprint density at radius 3 is 2.48 bits per heavy atom. The zero-order valence-electron chi connectivity index (χ0n) is 12.8. The van der Waals surface area contributed by atoms with Gasteiger partial charge in [-0.2, -0.15) is 0 Å². The molecule has 0 radical (unpaired) electrons. The molecular weight excluding hydrogens is 426 g/mol. The number of benzene rings is 2. The Morgan fingerprint density at radius 1 is 1.17 bits per heavy atom. The van der Waals surface area contributed by atoms with Crippen LogP contribution in [-0.2, 0) is 11.3 Å². The van der Waals surface area contributed by atoms with Crippen molar-refractivity contribution < 1.29 is 14.3 Å². The lowest BCUT2D eigenvalue weighted by atomic mass is 10.2.